The van der Waals surface area contributed by atoms with Gasteiger partial charge in [-0.05, 0) is 41.5 Å². The molecule has 0 bridgehead atoms. The molecule has 0 aromatic heterocycles. The predicted molar refractivity (Wildman–Crippen MR) is 88.2 cm³/mol. The number of anilines is 1. The summed E-state index contributed by atoms with van der Waals surface area (Å²) in [5.74, 6) is -2.24. The van der Waals surface area contributed by atoms with Crippen LogP contribution in [0.4, 0.5) is 5.69 Å². The summed E-state index contributed by atoms with van der Waals surface area (Å²) in [6.45, 7) is 0. The molecule has 0 N–H and O–H groups in total. The van der Waals surface area contributed by atoms with Gasteiger partial charge in [-0.1, -0.05) is 18.2 Å². The Hall–Kier alpha value is -3.21. The third-order valence-corrected chi connectivity index (χ3v) is 3.95. The molecule has 0 aliphatic heterocycles. The molecule has 24 heavy (non-hydrogen) atoms. The van der Waals surface area contributed by atoms with E-state index in [9.17, 15) is 19.5 Å². The number of hydrogen-bond acceptors (Lipinski definition) is 5. The molecule has 0 radical (unpaired) electrons. The highest BCUT2D eigenvalue weighted by molar-refractivity contribution is 6.41. The van der Waals surface area contributed by atoms with Gasteiger partial charge in [0, 0.05) is 30.9 Å². The molecular formula is C19H14NO4-. The van der Waals surface area contributed by atoms with E-state index < -0.39 is 17.5 Å². The molecule has 120 valence electrons. The third kappa shape index (κ3) is 2.60. The van der Waals surface area contributed by atoms with E-state index in [4.69, 9.17) is 0 Å². The number of carboxylic acids is 1. The summed E-state index contributed by atoms with van der Waals surface area (Å²) >= 11 is 0. The van der Waals surface area contributed by atoms with Crippen LogP contribution in [0.5, 0.6) is 0 Å². The van der Waals surface area contributed by atoms with Crippen molar-refractivity contribution in [3.63, 3.8) is 0 Å². The van der Waals surface area contributed by atoms with Crippen LogP contribution < -0.4 is 10.0 Å². The van der Waals surface area contributed by atoms with Crippen LogP contribution in [-0.4, -0.2) is 31.6 Å². The van der Waals surface area contributed by atoms with E-state index in [0.717, 1.165) is 11.3 Å². The largest absolute Gasteiger partial charge is 0.545 e. The number of benzene rings is 2. The number of rotatable bonds is 3. The minimum absolute atomic E-state index is 0.0399. The average Bonchev–Trinajstić information content (AvgIpc) is 2.80. The smallest absolute Gasteiger partial charge is 0.197 e. The van der Waals surface area contributed by atoms with Crippen LogP contribution in [0.15, 0.2) is 48.0 Å². The third-order valence-electron chi connectivity index (χ3n) is 3.95. The molecule has 0 unspecified atom stereocenters. The first kappa shape index (κ1) is 15.7. The van der Waals surface area contributed by atoms with Crippen LogP contribution in [0, 0.1) is 0 Å². The maximum atomic E-state index is 12.5. The predicted octanol–water partition coefficient (Wildman–Crippen LogP) is 1.58. The molecule has 0 heterocycles. The van der Waals surface area contributed by atoms with Gasteiger partial charge in [0.1, 0.15) is 0 Å². The second-order valence-corrected chi connectivity index (χ2v) is 5.75. The van der Waals surface area contributed by atoms with E-state index >= 15 is 0 Å². The zero-order valence-corrected chi connectivity index (χ0v) is 13.2. The summed E-state index contributed by atoms with van der Waals surface area (Å²) in [4.78, 5) is 37.7. The van der Waals surface area contributed by atoms with Crippen LogP contribution in [0.3, 0.4) is 0 Å². The van der Waals surface area contributed by atoms with Gasteiger partial charge in [0.25, 0.3) is 0 Å². The SMILES string of the molecule is CN(C)c1ccc(C=C2C(=O)c3ccc(C(=O)[O-])cc3C2=O)cc1. The number of Topliss-reactive ketones (excluding diaryl/α,β-unsaturated/α-hetero) is 2. The fourth-order valence-electron chi connectivity index (χ4n) is 2.62. The number of fused-ring (bicyclic) bond motifs is 1. The summed E-state index contributed by atoms with van der Waals surface area (Å²) in [6, 6.07) is 11.2. The first-order chi connectivity index (χ1) is 11.4. The lowest BCUT2D eigenvalue weighted by Crippen LogP contribution is -2.22. The first-order valence-electron chi connectivity index (χ1n) is 7.32. The van der Waals surface area contributed by atoms with Gasteiger partial charge < -0.3 is 14.8 Å². The van der Waals surface area contributed by atoms with Crippen molar-refractivity contribution in [2.75, 3.05) is 19.0 Å². The second-order valence-electron chi connectivity index (χ2n) is 5.75. The highest BCUT2D eigenvalue weighted by Crippen LogP contribution is 2.29. The van der Waals surface area contributed by atoms with Gasteiger partial charge in [-0.3, -0.25) is 9.59 Å². The number of allylic oxidation sites excluding steroid dienone is 1. The molecule has 2 aromatic carbocycles. The fourth-order valence-corrected chi connectivity index (χ4v) is 2.62. The Morgan fingerprint density at radius 1 is 0.958 bits per heavy atom. The van der Waals surface area contributed by atoms with Gasteiger partial charge in [-0.2, -0.15) is 0 Å². The van der Waals surface area contributed by atoms with Gasteiger partial charge in [-0.15, -0.1) is 0 Å². The van der Waals surface area contributed by atoms with Crippen molar-refractivity contribution in [3.05, 3.63) is 70.3 Å². The van der Waals surface area contributed by atoms with E-state index in [-0.39, 0.29) is 22.3 Å². The number of aromatic carboxylic acids is 1. The number of nitrogens with zero attached hydrogens (tertiary/aromatic N) is 1. The molecule has 0 saturated carbocycles. The standard InChI is InChI=1S/C19H15NO4/c1-20(2)13-6-3-11(4-7-13)9-16-17(21)14-8-5-12(19(23)24)10-15(14)18(16)22/h3-10H,1-2H3,(H,23,24)/p-1. The van der Waals surface area contributed by atoms with Crippen molar-refractivity contribution in [3.8, 4) is 0 Å². The lowest BCUT2D eigenvalue weighted by molar-refractivity contribution is -0.255. The average molecular weight is 320 g/mol. The van der Waals surface area contributed by atoms with Crippen molar-refractivity contribution in [2.24, 2.45) is 0 Å². The number of ketones is 2. The van der Waals surface area contributed by atoms with Crippen LogP contribution in [-0.2, 0) is 0 Å². The summed E-state index contributed by atoms with van der Waals surface area (Å²) in [5, 5.41) is 10.9. The summed E-state index contributed by atoms with van der Waals surface area (Å²) in [7, 11) is 3.84. The maximum Gasteiger partial charge on any atom is 0.197 e. The van der Waals surface area contributed by atoms with E-state index in [1.165, 1.54) is 24.3 Å². The minimum Gasteiger partial charge on any atom is -0.545 e. The lowest BCUT2D eigenvalue weighted by atomic mass is 10.1. The van der Waals surface area contributed by atoms with Crippen molar-refractivity contribution < 1.29 is 19.5 Å². The van der Waals surface area contributed by atoms with E-state index in [0.29, 0.717) is 0 Å². The molecule has 0 atom stereocenters. The molecule has 5 nitrogen and oxygen atoms in total. The number of carbonyl (C=O) groups excluding carboxylic acids is 3. The molecule has 1 aliphatic rings. The van der Waals surface area contributed by atoms with Crippen molar-refractivity contribution in [1.29, 1.82) is 0 Å². The Bertz CT molecular complexity index is 892. The molecule has 1 aliphatic carbocycles. The van der Waals surface area contributed by atoms with Crippen molar-refractivity contribution >= 4 is 29.3 Å². The summed E-state index contributed by atoms with van der Waals surface area (Å²) < 4.78 is 0. The molecule has 0 fully saturated rings. The van der Waals surface area contributed by atoms with Gasteiger partial charge in [-0.25, -0.2) is 0 Å². The molecule has 2 aromatic rings. The van der Waals surface area contributed by atoms with Crippen molar-refractivity contribution in [2.45, 2.75) is 0 Å². The lowest BCUT2D eigenvalue weighted by Gasteiger charge is -2.11. The highest BCUT2D eigenvalue weighted by Gasteiger charge is 2.33. The quantitative estimate of drug-likeness (QED) is 0.634. The maximum absolute atomic E-state index is 12.5. The number of carbonyl (C=O) groups is 3. The molecule has 3 rings (SSSR count). The topological polar surface area (TPSA) is 77.5 Å². The van der Waals surface area contributed by atoms with Crippen LogP contribution >= 0.6 is 0 Å². The number of carboxylic acid groups (broad SMARTS) is 1. The Labute approximate surface area is 138 Å². The van der Waals surface area contributed by atoms with Crippen LogP contribution in [0.25, 0.3) is 6.08 Å². The molecular weight excluding hydrogens is 306 g/mol. The highest BCUT2D eigenvalue weighted by atomic mass is 16.4. The molecule has 0 spiro atoms. The fraction of sp³-hybridized carbons (Fsp3) is 0.105. The van der Waals surface area contributed by atoms with Crippen molar-refractivity contribution in [1.82, 2.24) is 0 Å². The van der Waals surface area contributed by atoms with Gasteiger partial charge >= 0.3 is 0 Å². The Morgan fingerprint density at radius 3 is 2.17 bits per heavy atom. The zero-order chi connectivity index (χ0) is 17.4. The normalized spacial score (nSPS) is 14.8. The van der Waals surface area contributed by atoms with E-state index in [1.54, 1.807) is 0 Å². The zero-order valence-electron chi connectivity index (χ0n) is 13.2. The molecule has 0 amide bonds. The Kier molecular flexibility index (Phi) is 3.77. The van der Waals surface area contributed by atoms with Crippen LogP contribution in [0.2, 0.25) is 0 Å². The summed E-state index contributed by atoms with van der Waals surface area (Å²) in [6.07, 6.45) is 1.53. The number of hydrogen-bond donors (Lipinski definition) is 0. The van der Waals surface area contributed by atoms with Gasteiger partial charge in [0.15, 0.2) is 11.6 Å². The Balaban J connectivity index is 1.99. The molecule has 0 saturated heterocycles. The summed E-state index contributed by atoms with van der Waals surface area (Å²) in [5.41, 5.74) is 1.98. The van der Waals surface area contributed by atoms with Crippen LogP contribution in [0.1, 0.15) is 36.6 Å². The second kappa shape index (κ2) is 5.77. The van der Waals surface area contributed by atoms with Gasteiger partial charge in [0.05, 0.1) is 11.5 Å². The monoisotopic (exact) mass is 320 g/mol. The van der Waals surface area contributed by atoms with E-state index in [2.05, 4.69) is 0 Å². The minimum atomic E-state index is -1.38. The first-order valence-corrected chi connectivity index (χ1v) is 7.32. The van der Waals surface area contributed by atoms with Gasteiger partial charge in [0.2, 0.25) is 0 Å². The Morgan fingerprint density at radius 2 is 1.58 bits per heavy atom. The molecule has 5 heteroatoms. The van der Waals surface area contributed by atoms with E-state index in [1.807, 2.05) is 43.3 Å².